The molecule has 0 saturated carbocycles. The van der Waals surface area contributed by atoms with Crippen LogP contribution in [0.15, 0.2) is 30.4 Å². The fraction of sp³-hybridized carbons (Fsp3) is 0.308. The van der Waals surface area contributed by atoms with Gasteiger partial charge in [0.25, 0.3) is 0 Å². The van der Waals surface area contributed by atoms with E-state index in [4.69, 9.17) is 10.8 Å². The third kappa shape index (κ3) is 2.25. The van der Waals surface area contributed by atoms with Gasteiger partial charge in [-0.05, 0) is 18.9 Å². The lowest BCUT2D eigenvalue weighted by molar-refractivity contribution is -0.142. The average molecular weight is 233 g/mol. The molecule has 0 radical (unpaired) electrons. The Hall–Kier alpha value is -1.97. The van der Waals surface area contributed by atoms with Gasteiger partial charge in [0, 0.05) is 11.5 Å². The third-order valence-corrected chi connectivity index (χ3v) is 3.17. The van der Waals surface area contributed by atoms with Crippen LogP contribution in [0.5, 0.6) is 5.75 Å². The fourth-order valence-electron chi connectivity index (χ4n) is 2.20. The molecular formula is C13H15NO3. The van der Waals surface area contributed by atoms with Crippen LogP contribution in [0.4, 0.5) is 5.69 Å². The molecule has 0 spiro atoms. The number of carbonyl (C=O) groups is 1. The molecule has 4 heteroatoms. The molecule has 1 aliphatic carbocycles. The van der Waals surface area contributed by atoms with Crippen LogP contribution in [0, 0.1) is 5.92 Å². The Kier molecular flexibility index (Phi) is 3.04. The molecule has 0 saturated heterocycles. The maximum atomic E-state index is 11.0. The monoisotopic (exact) mass is 233 g/mol. The molecule has 1 aliphatic rings. The molecule has 17 heavy (non-hydrogen) atoms. The molecule has 2 unspecified atom stereocenters. The lowest BCUT2D eigenvalue weighted by atomic mass is 9.82. The van der Waals surface area contributed by atoms with E-state index < -0.39 is 5.97 Å². The Morgan fingerprint density at radius 1 is 1.41 bits per heavy atom. The van der Waals surface area contributed by atoms with Gasteiger partial charge in [-0.1, -0.05) is 24.3 Å². The molecule has 2 rings (SSSR count). The maximum Gasteiger partial charge on any atom is 0.306 e. The van der Waals surface area contributed by atoms with Gasteiger partial charge in [0.05, 0.1) is 11.6 Å². The Morgan fingerprint density at radius 3 is 2.88 bits per heavy atom. The highest BCUT2D eigenvalue weighted by Gasteiger charge is 2.26. The van der Waals surface area contributed by atoms with E-state index in [0.29, 0.717) is 24.1 Å². The van der Waals surface area contributed by atoms with Crippen molar-refractivity contribution < 1.29 is 15.0 Å². The lowest BCUT2D eigenvalue weighted by Gasteiger charge is -2.23. The van der Waals surface area contributed by atoms with E-state index in [0.717, 1.165) is 0 Å². The molecule has 0 heterocycles. The van der Waals surface area contributed by atoms with E-state index in [9.17, 15) is 9.90 Å². The van der Waals surface area contributed by atoms with Crippen LogP contribution in [0.3, 0.4) is 0 Å². The highest BCUT2D eigenvalue weighted by molar-refractivity contribution is 5.71. The van der Waals surface area contributed by atoms with Crippen molar-refractivity contribution in [1.82, 2.24) is 0 Å². The summed E-state index contributed by atoms with van der Waals surface area (Å²) in [7, 11) is 0. The van der Waals surface area contributed by atoms with E-state index in [1.165, 1.54) is 0 Å². The standard InChI is InChI=1S/C13H15NO3/c14-11-6-2-5-10(12(11)15)8-3-1-4-9(7-8)13(16)17/h1-3,5-6,8-9,15H,4,7,14H2,(H,16,17). The number of carboxylic acids is 1. The summed E-state index contributed by atoms with van der Waals surface area (Å²) in [5.74, 6) is -1.19. The molecule has 0 fully saturated rings. The third-order valence-electron chi connectivity index (χ3n) is 3.17. The summed E-state index contributed by atoms with van der Waals surface area (Å²) in [4.78, 5) is 11.0. The topological polar surface area (TPSA) is 83.6 Å². The van der Waals surface area contributed by atoms with Gasteiger partial charge in [-0.15, -0.1) is 0 Å². The van der Waals surface area contributed by atoms with Gasteiger partial charge in [-0.3, -0.25) is 4.79 Å². The van der Waals surface area contributed by atoms with Crippen molar-refractivity contribution >= 4 is 11.7 Å². The van der Waals surface area contributed by atoms with Crippen LogP contribution in [0.25, 0.3) is 0 Å². The van der Waals surface area contributed by atoms with E-state index in [1.54, 1.807) is 18.2 Å². The van der Waals surface area contributed by atoms with Crippen molar-refractivity contribution in [2.45, 2.75) is 18.8 Å². The van der Waals surface area contributed by atoms with Crippen molar-refractivity contribution in [2.24, 2.45) is 5.92 Å². The summed E-state index contributed by atoms with van der Waals surface area (Å²) in [5, 5.41) is 18.9. The molecule has 4 nitrogen and oxygen atoms in total. The number of carboxylic acid groups (broad SMARTS) is 1. The zero-order valence-corrected chi connectivity index (χ0v) is 9.34. The number of anilines is 1. The predicted octanol–water partition coefficient (Wildman–Crippen LogP) is 2.11. The number of hydrogen-bond donors (Lipinski definition) is 3. The summed E-state index contributed by atoms with van der Waals surface area (Å²) in [5.41, 5.74) is 6.66. The number of benzene rings is 1. The molecule has 2 atom stereocenters. The highest BCUT2D eigenvalue weighted by atomic mass is 16.4. The first-order valence-electron chi connectivity index (χ1n) is 5.56. The van der Waals surface area contributed by atoms with Gasteiger partial charge < -0.3 is 15.9 Å². The second-order valence-corrected chi connectivity index (χ2v) is 4.33. The van der Waals surface area contributed by atoms with E-state index in [-0.39, 0.29) is 17.6 Å². The minimum atomic E-state index is -0.789. The summed E-state index contributed by atoms with van der Waals surface area (Å²) in [6.45, 7) is 0. The summed E-state index contributed by atoms with van der Waals surface area (Å²) in [6.07, 6.45) is 4.85. The van der Waals surface area contributed by atoms with Crippen molar-refractivity contribution in [2.75, 3.05) is 5.73 Å². The number of aliphatic carboxylic acids is 1. The number of para-hydroxylation sites is 1. The number of phenolic OH excluding ortho intramolecular Hbond substituents is 1. The van der Waals surface area contributed by atoms with Crippen LogP contribution in [-0.4, -0.2) is 16.2 Å². The SMILES string of the molecule is Nc1cccc(C2C=CCC(C(=O)O)C2)c1O. The van der Waals surface area contributed by atoms with Crippen molar-refractivity contribution in [1.29, 1.82) is 0 Å². The van der Waals surface area contributed by atoms with Crippen molar-refractivity contribution in [3.05, 3.63) is 35.9 Å². The van der Waals surface area contributed by atoms with Gasteiger partial charge >= 0.3 is 5.97 Å². The van der Waals surface area contributed by atoms with Crippen LogP contribution >= 0.6 is 0 Å². The summed E-state index contributed by atoms with van der Waals surface area (Å²) >= 11 is 0. The molecule has 90 valence electrons. The van der Waals surface area contributed by atoms with Crippen LogP contribution < -0.4 is 5.73 Å². The first-order chi connectivity index (χ1) is 8.09. The van der Waals surface area contributed by atoms with Gasteiger partial charge in [0.2, 0.25) is 0 Å². The van der Waals surface area contributed by atoms with Crippen molar-refractivity contribution in [3.63, 3.8) is 0 Å². The molecule has 1 aromatic carbocycles. The van der Waals surface area contributed by atoms with Gasteiger partial charge in [-0.25, -0.2) is 0 Å². The van der Waals surface area contributed by atoms with Gasteiger partial charge in [-0.2, -0.15) is 0 Å². The molecule has 0 amide bonds. The second-order valence-electron chi connectivity index (χ2n) is 4.33. The van der Waals surface area contributed by atoms with Crippen LogP contribution in [-0.2, 0) is 4.79 Å². The molecule has 1 aromatic rings. The van der Waals surface area contributed by atoms with Gasteiger partial charge in [0.1, 0.15) is 5.75 Å². The minimum absolute atomic E-state index is 0.0631. The second kappa shape index (κ2) is 4.49. The van der Waals surface area contributed by atoms with E-state index in [2.05, 4.69) is 0 Å². The summed E-state index contributed by atoms with van der Waals surface area (Å²) < 4.78 is 0. The van der Waals surface area contributed by atoms with Gasteiger partial charge in [0.15, 0.2) is 0 Å². The zero-order chi connectivity index (χ0) is 12.4. The summed E-state index contributed by atoms with van der Waals surface area (Å²) in [6, 6.07) is 5.17. The Labute approximate surface area is 99.4 Å². The fourth-order valence-corrected chi connectivity index (χ4v) is 2.20. The first-order valence-corrected chi connectivity index (χ1v) is 5.56. The average Bonchev–Trinajstić information content (AvgIpc) is 2.33. The number of rotatable bonds is 2. The number of phenols is 1. The van der Waals surface area contributed by atoms with E-state index >= 15 is 0 Å². The number of hydrogen-bond acceptors (Lipinski definition) is 3. The quantitative estimate of drug-likeness (QED) is 0.415. The van der Waals surface area contributed by atoms with Crippen LogP contribution in [0.1, 0.15) is 24.3 Å². The number of allylic oxidation sites excluding steroid dienone is 2. The molecule has 0 aromatic heterocycles. The number of aromatic hydroxyl groups is 1. The number of nitrogen functional groups attached to an aromatic ring is 1. The molecule has 0 aliphatic heterocycles. The van der Waals surface area contributed by atoms with E-state index in [1.807, 2.05) is 12.2 Å². The smallest absolute Gasteiger partial charge is 0.306 e. The first kappa shape index (κ1) is 11.5. The Balaban J connectivity index is 2.28. The zero-order valence-electron chi connectivity index (χ0n) is 9.34. The lowest BCUT2D eigenvalue weighted by Crippen LogP contribution is -2.18. The Bertz CT molecular complexity index is 468. The normalized spacial score (nSPS) is 23.5. The highest BCUT2D eigenvalue weighted by Crippen LogP contribution is 2.38. The minimum Gasteiger partial charge on any atom is -0.505 e. The maximum absolute atomic E-state index is 11.0. The largest absolute Gasteiger partial charge is 0.505 e. The molecule has 4 N–H and O–H groups in total. The molecular weight excluding hydrogens is 218 g/mol. The van der Waals surface area contributed by atoms with Crippen molar-refractivity contribution in [3.8, 4) is 5.75 Å². The Morgan fingerprint density at radius 2 is 2.18 bits per heavy atom. The van der Waals surface area contributed by atoms with Crippen LogP contribution in [0.2, 0.25) is 0 Å². The number of nitrogens with two attached hydrogens (primary N) is 1. The molecule has 0 bridgehead atoms. The predicted molar refractivity (Wildman–Crippen MR) is 64.8 cm³/mol.